The monoisotopic (exact) mass is 318 g/mol. The minimum absolute atomic E-state index is 0.0751. The Hall–Kier alpha value is -0.890. The summed E-state index contributed by atoms with van der Waals surface area (Å²) in [6.07, 6.45) is 0.355. The van der Waals surface area contributed by atoms with E-state index in [9.17, 15) is 8.42 Å². The molecule has 0 fully saturated rings. The summed E-state index contributed by atoms with van der Waals surface area (Å²) in [7, 11) is -3.72. The summed E-state index contributed by atoms with van der Waals surface area (Å²) in [5, 5.41) is 12.1. The molecule has 0 radical (unpaired) electrons. The Morgan fingerprint density at radius 3 is 2.52 bits per heavy atom. The highest BCUT2D eigenvalue weighted by Gasteiger charge is 2.30. The van der Waals surface area contributed by atoms with Crippen molar-refractivity contribution in [1.29, 1.82) is 0 Å². The summed E-state index contributed by atoms with van der Waals surface area (Å²) < 4.78 is 32.7. The smallest absolute Gasteiger partial charge is 0.274 e. The van der Waals surface area contributed by atoms with Crippen LogP contribution < -0.4 is 10.0 Å². The molecule has 0 saturated heterocycles. The molecule has 3 N–H and O–H groups in total. The van der Waals surface area contributed by atoms with Crippen LogP contribution in [0.25, 0.3) is 0 Å². The second-order valence-corrected chi connectivity index (χ2v) is 7.70. The molecule has 1 rings (SSSR count). The Balaban J connectivity index is 2.86. The molecule has 0 aliphatic rings. The van der Waals surface area contributed by atoms with Gasteiger partial charge >= 0.3 is 0 Å². The van der Waals surface area contributed by atoms with E-state index in [4.69, 9.17) is 9.52 Å². The third-order valence-corrected chi connectivity index (χ3v) is 4.56. The van der Waals surface area contributed by atoms with Crippen molar-refractivity contribution in [2.24, 2.45) is 5.41 Å². The van der Waals surface area contributed by atoms with Gasteiger partial charge in [0.05, 0.1) is 6.54 Å². The van der Waals surface area contributed by atoms with Crippen LogP contribution in [0.1, 0.15) is 39.9 Å². The second kappa shape index (κ2) is 7.40. The molecule has 1 heterocycles. The molecule has 1 aromatic rings. The molecule has 7 heteroatoms. The molecule has 1 atom stereocenters. The van der Waals surface area contributed by atoms with E-state index in [0.29, 0.717) is 18.7 Å². The Morgan fingerprint density at radius 1 is 1.33 bits per heavy atom. The minimum atomic E-state index is -3.72. The lowest BCUT2D eigenvalue weighted by Gasteiger charge is -2.30. The molecule has 6 nitrogen and oxygen atoms in total. The minimum Gasteiger partial charge on any atom is -0.447 e. The summed E-state index contributed by atoms with van der Waals surface area (Å²) in [6.45, 7) is 8.94. The summed E-state index contributed by atoms with van der Waals surface area (Å²) in [4.78, 5) is 0. The van der Waals surface area contributed by atoms with E-state index in [1.807, 2.05) is 27.7 Å². The lowest BCUT2D eigenvalue weighted by molar-refractivity contribution is 0.214. The predicted molar refractivity (Wildman–Crippen MR) is 81.4 cm³/mol. The highest BCUT2D eigenvalue weighted by atomic mass is 32.2. The molecule has 0 saturated carbocycles. The van der Waals surface area contributed by atoms with Crippen LogP contribution in [0.15, 0.2) is 21.6 Å². The van der Waals surface area contributed by atoms with Crippen LogP contribution in [0.4, 0.5) is 0 Å². The van der Waals surface area contributed by atoms with Crippen molar-refractivity contribution in [2.75, 3.05) is 13.2 Å². The zero-order valence-electron chi connectivity index (χ0n) is 13.1. The standard InChI is InChI=1S/C14H26N2O4S/c1-5-15-10-11-6-7-13(20-11)21(18,19)16-12(8-9-17)14(2,3)4/h6-7,12,15-17H,5,8-10H2,1-4H3. The van der Waals surface area contributed by atoms with E-state index in [1.165, 1.54) is 6.07 Å². The molecule has 0 aromatic carbocycles. The average Bonchev–Trinajstić information content (AvgIpc) is 2.84. The molecule has 1 unspecified atom stereocenters. The van der Waals surface area contributed by atoms with Crippen LogP contribution in [-0.2, 0) is 16.6 Å². The van der Waals surface area contributed by atoms with Gasteiger partial charge in [-0.2, -0.15) is 0 Å². The first-order valence-electron chi connectivity index (χ1n) is 7.13. The zero-order chi connectivity index (χ0) is 16.1. The van der Waals surface area contributed by atoms with E-state index < -0.39 is 10.0 Å². The molecule has 122 valence electrons. The molecule has 0 aliphatic heterocycles. The summed E-state index contributed by atoms with van der Waals surface area (Å²) >= 11 is 0. The highest BCUT2D eigenvalue weighted by molar-refractivity contribution is 7.89. The van der Waals surface area contributed by atoms with Gasteiger partial charge in [-0.1, -0.05) is 27.7 Å². The van der Waals surface area contributed by atoms with E-state index in [2.05, 4.69) is 10.0 Å². The number of aliphatic hydroxyl groups is 1. The number of rotatable bonds is 8. The van der Waals surface area contributed by atoms with Gasteiger partial charge in [0.25, 0.3) is 10.0 Å². The van der Waals surface area contributed by atoms with Gasteiger partial charge in [-0.05, 0) is 30.5 Å². The maximum absolute atomic E-state index is 12.3. The van der Waals surface area contributed by atoms with Crippen LogP contribution in [0.3, 0.4) is 0 Å². The van der Waals surface area contributed by atoms with Crippen molar-refractivity contribution in [3.05, 3.63) is 17.9 Å². The highest BCUT2D eigenvalue weighted by Crippen LogP contribution is 2.24. The van der Waals surface area contributed by atoms with Crippen LogP contribution in [0.5, 0.6) is 0 Å². The van der Waals surface area contributed by atoms with E-state index in [0.717, 1.165) is 6.54 Å². The van der Waals surface area contributed by atoms with Gasteiger partial charge in [0, 0.05) is 12.6 Å². The molecule has 1 aromatic heterocycles. The van der Waals surface area contributed by atoms with Crippen molar-refractivity contribution < 1.29 is 17.9 Å². The molecule has 0 aliphatic carbocycles. The van der Waals surface area contributed by atoms with Crippen LogP contribution in [0, 0.1) is 5.41 Å². The fourth-order valence-electron chi connectivity index (χ4n) is 1.89. The van der Waals surface area contributed by atoms with Crippen LogP contribution in [0.2, 0.25) is 0 Å². The first-order chi connectivity index (χ1) is 9.70. The third kappa shape index (κ3) is 5.43. The van der Waals surface area contributed by atoms with Crippen LogP contribution in [-0.4, -0.2) is 32.7 Å². The Bertz CT molecular complexity index is 531. The number of aliphatic hydroxyl groups excluding tert-OH is 1. The Kier molecular flexibility index (Phi) is 6.40. The van der Waals surface area contributed by atoms with E-state index >= 15 is 0 Å². The summed E-state index contributed by atoms with van der Waals surface area (Å²) in [5.74, 6) is 0.576. The number of hydrogen-bond donors (Lipinski definition) is 3. The molecular weight excluding hydrogens is 292 g/mol. The summed E-state index contributed by atoms with van der Waals surface area (Å²) in [5.41, 5.74) is -0.297. The Morgan fingerprint density at radius 2 is 2.00 bits per heavy atom. The van der Waals surface area contributed by atoms with Gasteiger partial charge in [-0.15, -0.1) is 0 Å². The van der Waals surface area contributed by atoms with Gasteiger partial charge in [-0.25, -0.2) is 13.1 Å². The average molecular weight is 318 g/mol. The lowest BCUT2D eigenvalue weighted by atomic mass is 9.86. The predicted octanol–water partition coefficient (Wildman–Crippen LogP) is 1.46. The molecular formula is C14H26N2O4S. The third-order valence-electron chi connectivity index (χ3n) is 3.21. The molecule has 0 bridgehead atoms. The molecule has 0 amide bonds. The number of furan rings is 1. The molecule has 0 spiro atoms. The lowest BCUT2D eigenvalue weighted by Crippen LogP contribution is -2.44. The van der Waals surface area contributed by atoms with Crippen molar-refractivity contribution in [3.63, 3.8) is 0 Å². The maximum atomic E-state index is 12.3. The largest absolute Gasteiger partial charge is 0.447 e. The van der Waals surface area contributed by atoms with Crippen molar-refractivity contribution in [1.82, 2.24) is 10.0 Å². The maximum Gasteiger partial charge on any atom is 0.274 e. The topological polar surface area (TPSA) is 91.6 Å². The van der Waals surface area contributed by atoms with Gasteiger partial charge in [0.2, 0.25) is 5.09 Å². The fourth-order valence-corrected chi connectivity index (χ4v) is 3.32. The van der Waals surface area contributed by atoms with E-state index in [1.54, 1.807) is 6.07 Å². The number of sulfonamides is 1. The van der Waals surface area contributed by atoms with Gasteiger partial charge < -0.3 is 14.8 Å². The first-order valence-corrected chi connectivity index (χ1v) is 8.61. The van der Waals surface area contributed by atoms with Crippen LogP contribution >= 0.6 is 0 Å². The normalized spacial score (nSPS) is 14.3. The SMILES string of the molecule is CCNCc1ccc(S(=O)(=O)NC(CCO)C(C)(C)C)o1. The number of nitrogens with one attached hydrogen (secondary N) is 2. The Labute approximate surface area is 127 Å². The first kappa shape index (κ1) is 18.2. The number of hydrogen-bond acceptors (Lipinski definition) is 5. The fraction of sp³-hybridized carbons (Fsp3) is 0.714. The molecule has 21 heavy (non-hydrogen) atoms. The van der Waals surface area contributed by atoms with Crippen molar-refractivity contribution in [2.45, 2.75) is 51.8 Å². The van der Waals surface area contributed by atoms with Gasteiger partial charge in [0.1, 0.15) is 5.76 Å². The second-order valence-electron chi connectivity index (χ2n) is 6.05. The zero-order valence-corrected chi connectivity index (χ0v) is 14.0. The van der Waals surface area contributed by atoms with E-state index in [-0.39, 0.29) is 23.2 Å². The van der Waals surface area contributed by atoms with Gasteiger partial charge in [-0.3, -0.25) is 0 Å². The van der Waals surface area contributed by atoms with Crippen molar-refractivity contribution in [3.8, 4) is 0 Å². The quantitative estimate of drug-likeness (QED) is 0.675. The summed E-state index contributed by atoms with van der Waals surface area (Å²) in [6, 6.07) is 2.73. The van der Waals surface area contributed by atoms with Crippen molar-refractivity contribution >= 4 is 10.0 Å². The van der Waals surface area contributed by atoms with Gasteiger partial charge in [0.15, 0.2) is 0 Å².